The summed E-state index contributed by atoms with van der Waals surface area (Å²) >= 11 is 0. The van der Waals surface area contributed by atoms with Crippen molar-refractivity contribution >= 4 is 23.1 Å². The van der Waals surface area contributed by atoms with Crippen LogP contribution in [0.25, 0.3) is 5.57 Å². The van der Waals surface area contributed by atoms with Gasteiger partial charge in [0.1, 0.15) is 5.82 Å². The van der Waals surface area contributed by atoms with Crippen molar-refractivity contribution in [2.75, 3.05) is 38.5 Å². The van der Waals surface area contributed by atoms with Gasteiger partial charge >= 0.3 is 0 Å². The van der Waals surface area contributed by atoms with E-state index in [1.54, 1.807) is 19.2 Å². The Morgan fingerprint density at radius 2 is 1.89 bits per heavy atom. The molecule has 28 heavy (non-hydrogen) atoms. The first-order valence-corrected chi connectivity index (χ1v) is 9.40. The minimum Gasteiger partial charge on any atom is -0.334 e. The van der Waals surface area contributed by atoms with Crippen molar-refractivity contribution in [3.8, 4) is 0 Å². The Hall–Kier alpha value is -2.99. The van der Waals surface area contributed by atoms with Crippen LogP contribution < -0.4 is 10.2 Å². The van der Waals surface area contributed by atoms with Crippen LogP contribution >= 0.6 is 0 Å². The summed E-state index contributed by atoms with van der Waals surface area (Å²) in [5.41, 5.74) is 2.88. The lowest BCUT2D eigenvalue weighted by molar-refractivity contribution is -0.862. The molecule has 0 fully saturated rings. The molecule has 0 aliphatic carbocycles. The number of hydrogen-bond donors (Lipinski definition) is 2. The van der Waals surface area contributed by atoms with Gasteiger partial charge in [-0.1, -0.05) is 42.5 Å². The Kier molecular flexibility index (Phi) is 6.55. The predicted octanol–water partition coefficient (Wildman–Crippen LogP) is 1.59. The molecule has 2 aromatic rings. The van der Waals surface area contributed by atoms with Crippen LogP contribution in [-0.4, -0.2) is 49.9 Å². The highest BCUT2D eigenvalue weighted by atomic mass is 19.1. The van der Waals surface area contributed by atoms with Gasteiger partial charge in [0.15, 0.2) is 13.1 Å². The number of nitrogens with one attached hydrogen (secondary N) is 2. The van der Waals surface area contributed by atoms with Crippen molar-refractivity contribution in [1.82, 2.24) is 4.90 Å². The maximum absolute atomic E-state index is 13.2. The molecule has 0 bridgehead atoms. The van der Waals surface area contributed by atoms with Crippen LogP contribution in [0.15, 0.2) is 60.7 Å². The van der Waals surface area contributed by atoms with Gasteiger partial charge in [-0.2, -0.15) is 0 Å². The zero-order valence-electron chi connectivity index (χ0n) is 16.0. The molecule has 0 saturated carbocycles. The molecule has 5 nitrogen and oxygen atoms in total. The molecule has 3 rings (SSSR count). The number of halogens is 1. The van der Waals surface area contributed by atoms with Crippen molar-refractivity contribution in [2.24, 2.45) is 0 Å². The third-order valence-corrected chi connectivity index (χ3v) is 4.73. The van der Waals surface area contributed by atoms with Gasteiger partial charge in [-0.3, -0.25) is 9.59 Å². The fraction of sp³-hybridized carbons (Fsp3) is 0.273. The standard InChI is InChI=1S/C22H24FN3O2/c1-25(15-21(27)24-20-9-5-8-19(23)14-20)16-22(28)26-12-10-18(11-13-26)17-6-3-2-4-7-17/h2-10,14H,11-13,15-16H2,1H3,(H,24,27)/p+1. The Bertz CT molecular complexity index is 867. The molecule has 0 radical (unpaired) electrons. The minimum atomic E-state index is -0.401. The first kappa shape index (κ1) is 19.8. The predicted molar refractivity (Wildman–Crippen MR) is 107 cm³/mol. The van der Waals surface area contributed by atoms with Crippen molar-refractivity contribution in [2.45, 2.75) is 6.42 Å². The van der Waals surface area contributed by atoms with E-state index in [1.807, 2.05) is 23.1 Å². The van der Waals surface area contributed by atoms with E-state index in [4.69, 9.17) is 0 Å². The van der Waals surface area contributed by atoms with Crippen LogP contribution in [0.3, 0.4) is 0 Å². The molecule has 2 aromatic carbocycles. The Balaban J connectivity index is 1.47. The molecule has 2 N–H and O–H groups in total. The maximum atomic E-state index is 13.2. The molecule has 1 heterocycles. The molecule has 6 heteroatoms. The quantitative estimate of drug-likeness (QED) is 0.797. The molecule has 146 valence electrons. The van der Waals surface area contributed by atoms with E-state index >= 15 is 0 Å². The highest BCUT2D eigenvalue weighted by Gasteiger charge is 2.22. The van der Waals surface area contributed by atoms with E-state index in [0.717, 1.165) is 11.3 Å². The lowest BCUT2D eigenvalue weighted by atomic mass is 9.99. The normalized spacial score (nSPS) is 14.9. The second-order valence-electron chi connectivity index (χ2n) is 7.05. The van der Waals surface area contributed by atoms with Gasteiger partial charge in [0.25, 0.3) is 11.8 Å². The number of anilines is 1. The summed E-state index contributed by atoms with van der Waals surface area (Å²) < 4.78 is 13.2. The highest BCUT2D eigenvalue weighted by molar-refractivity contribution is 5.91. The van der Waals surface area contributed by atoms with Crippen LogP contribution in [0.5, 0.6) is 0 Å². The third-order valence-electron chi connectivity index (χ3n) is 4.73. The summed E-state index contributed by atoms with van der Waals surface area (Å²) in [7, 11) is 1.80. The van der Waals surface area contributed by atoms with Crippen molar-refractivity contribution < 1.29 is 18.9 Å². The second kappa shape index (κ2) is 9.28. The summed E-state index contributed by atoms with van der Waals surface area (Å²) in [6.07, 6.45) is 2.93. The van der Waals surface area contributed by atoms with Crippen LogP contribution in [0.1, 0.15) is 12.0 Å². The molecular formula is C22H25FN3O2+. The Morgan fingerprint density at radius 1 is 1.11 bits per heavy atom. The first-order chi connectivity index (χ1) is 13.5. The van der Waals surface area contributed by atoms with Crippen LogP contribution in [0.2, 0.25) is 0 Å². The maximum Gasteiger partial charge on any atom is 0.279 e. The van der Waals surface area contributed by atoms with Crippen molar-refractivity contribution in [1.29, 1.82) is 0 Å². The van der Waals surface area contributed by atoms with E-state index in [1.165, 1.54) is 23.3 Å². The number of carbonyl (C=O) groups is 2. The average Bonchev–Trinajstić information content (AvgIpc) is 2.68. The Morgan fingerprint density at radius 3 is 2.57 bits per heavy atom. The van der Waals surface area contributed by atoms with Gasteiger partial charge in [-0.25, -0.2) is 4.39 Å². The van der Waals surface area contributed by atoms with Gasteiger partial charge in [0.05, 0.1) is 7.05 Å². The average molecular weight is 382 g/mol. The number of hydrogen-bond acceptors (Lipinski definition) is 2. The largest absolute Gasteiger partial charge is 0.334 e. The van der Waals surface area contributed by atoms with Gasteiger partial charge in [0.2, 0.25) is 0 Å². The molecule has 0 saturated heterocycles. The minimum absolute atomic E-state index is 0.0272. The number of nitrogens with zero attached hydrogens (tertiary/aromatic N) is 1. The van der Waals surface area contributed by atoms with E-state index in [9.17, 15) is 14.0 Å². The molecule has 0 spiro atoms. The number of benzene rings is 2. The fourth-order valence-corrected chi connectivity index (χ4v) is 3.29. The van der Waals surface area contributed by atoms with Crippen molar-refractivity contribution in [3.63, 3.8) is 0 Å². The molecule has 0 aromatic heterocycles. The summed E-state index contributed by atoms with van der Waals surface area (Å²) in [6, 6.07) is 15.9. The summed E-state index contributed by atoms with van der Waals surface area (Å²) in [5, 5.41) is 2.66. The number of carbonyl (C=O) groups excluding carboxylic acids is 2. The van der Waals surface area contributed by atoms with Gasteiger partial charge in [-0.05, 0) is 35.8 Å². The van der Waals surface area contributed by atoms with Crippen LogP contribution in [0.4, 0.5) is 10.1 Å². The van der Waals surface area contributed by atoms with Crippen LogP contribution in [0, 0.1) is 5.82 Å². The number of rotatable bonds is 6. The smallest absolute Gasteiger partial charge is 0.279 e. The van der Waals surface area contributed by atoms with Gasteiger partial charge in [0, 0.05) is 18.8 Å². The number of amides is 2. The molecule has 1 atom stereocenters. The zero-order chi connectivity index (χ0) is 19.9. The zero-order valence-corrected chi connectivity index (χ0v) is 16.0. The third kappa shape index (κ3) is 5.50. The summed E-state index contributed by atoms with van der Waals surface area (Å²) in [6.45, 7) is 1.65. The van der Waals surface area contributed by atoms with E-state index < -0.39 is 5.82 Å². The Labute approximate surface area is 164 Å². The molecule has 1 aliphatic rings. The van der Waals surface area contributed by atoms with Gasteiger partial charge < -0.3 is 15.1 Å². The SMILES string of the molecule is C[NH+](CC(=O)Nc1cccc(F)c1)CC(=O)N1CC=C(c2ccccc2)CC1. The highest BCUT2D eigenvalue weighted by Crippen LogP contribution is 2.21. The van der Waals surface area contributed by atoms with Crippen LogP contribution in [-0.2, 0) is 9.59 Å². The first-order valence-electron chi connectivity index (χ1n) is 9.40. The molecule has 2 amide bonds. The monoisotopic (exact) mass is 382 g/mol. The lowest BCUT2D eigenvalue weighted by Crippen LogP contribution is -3.11. The molecular weight excluding hydrogens is 357 g/mol. The summed E-state index contributed by atoms with van der Waals surface area (Å²) in [5.74, 6) is -0.623. The molecule has 1 unspecified atom stereocenters. The van der Waals surface area contributed by atoms with E-state index in [-0.39, 0.29) is 24.9 Å². The molecule has 1 aliphatic heterocycles. The lowest BCUT2D eigenvalue weighted by Gasteiger charge is -2.27. The summed E-state index contributed by atoms with van der Waals surface area (Å²) in [4.78, 5) is 27.2. The van der Waals surface area contributed by atoms with Crippen molar-refractivity contribution in [3.05, 3.63) is 72.1 Å². The van der Waals surface area contributed by atoms with E-state index in [2.05, 4.69) is 23.5 Å². The topological polar surface area (TPSA) is 53.9 Å². The second-order valence-corrected chi connectivity index (χ2v) is 7.05. The van der Waals surface area contributed by atoms with Gasteiger partial charge in [-0.15, -0.1) is 0 Å². The van der Waals surface area contributed by atoms with E-state index in [0.29, 0.717) is 18.8 Å². The number of likely N-dealkylation sites (N-methyl/N-ethyl adjacent to an activating group) is 1. The number of quaternary nitrogens is 1. The fourth-order valence-electron chi connectivity index (χ4n) is 3.29.